The van der Waals surface area contributed by atoms with Gasteiger partial charge in [-0.2, -0.15) is 5.10 Å². The third kappa shape index (κ3) is 4.82. The number of aromatic nitrogens is 2. The summed E-state index contributed by atoms with van der Waals surface area (Å²) in [6, 6.07) is 13.4. The summed E-state index contributed by atoms with van der Waals surface area (Å²) in [6.45, 7) is 3.06. The molecule has 0 saturated heterocycles. The molecule has 0 unspecified atom stereocenters. The number of hydrogen-bond donors (Lipinski definition) is 1. The molecule has 2 aliphatic rings. The molecule has 5 rings (SSSR count). The fourth-order valence-corrected chi connectivity index (χ4v) is 5.72. The Labute approximate surface area is 215 Å². The predicted octanol–water partition coefficient (Wildman–Crippen LogP) is 5.04. The van der Waals surface area contributed by atoms with E-state index in [-0.39, 0.29) is 11.8 Å². The maximum atomic E-state index is 13.8. The minimum atomic E-state index is -1.05. The van der Waals surface area contributed by atoms with Crippen molar-refractivity contribution >= 4 is 23.2 Å². The molecule has 36 heavy (non-hydrogen) atoms. The molecule has 0 saturated carbocycles. The molecule has 0 radical (unpaired) electrons. The highest BCUT2D eigenvalue weighted by Crippen LogP contribution is 2.32. The van der Waals surface area contributed by atoms with Gasteiger partial charge in [0.25, 0.3) is 5.91 Å². The maximum absolute atomic E-state index is 13.8. The summed E-state index contributed by atoms with van der Waals surface area (Å²) in [7, 11) is 1.63. The van der Waals surface area contributed by atoms with Crippen molar-refractivity contribution < 1.29 is 14.3 Å². The quantitative estimate of drug-likeness (QED) is 0.436. The predicted molar refractivity (Wildman–Crippen MR) is 141 cm³/mol. The van der Waals surface area contributed by atoms with Crippen LogP contribution in [0.2, 0.25) is 0 Å². The second-order valence-electron chi connectivity index (χ2n) is 9.67. The number of carbonyl (C=O) groups is 2. The number of nitrogens with one attached hydrogen (secondary N) is 1. The Balaban J connectivity index is 1.40. The van der Waals surface area contributed by atoms with Crippen LogP contribution in [0.1, 0.15) is 55.1 Å². The van der Waals surface area contributed by atoms with Crippen LogP contribution >= 0.6 is 11.3 Å². The number of allylic oxidation sites excluding steroid dienone is 1. The van der Waals surface area contributed by atoms with Crippen LogP contribution in [0.4, 0.5) is 0 Å². The summed E-state index contributed by atoms with van der Waals surface area (Å²) in [5, 5.41) is 9.79. The van der Waals surface area contributed by atoms with Gasteiger partial charge in [-0.15, -0.1) is 11.3 Å². The van der Waals surface area contributed by atoms with Crippen LogP contribution in [0.3, 0.4) is 0 Å². The number of thiophene rings is 1. The zero-order valence-electron chi connectivity index (χ0n) is 20.8. The van der Waals surface area contributed by atoms with Gasteiger partial charge in [-0.05, 0) is 74.2 Å². The summed E-state index contributed by atoms with van der Waals surface area (Å²) in [4.78, 5) is 30.3. The first-order chi connectivity index (χ1) is 17.5. The number of fused-ring (bicyclic) bond motifs is 1. The van der Waals surface area contributed by atoms with E-state index in [1.54, 1.807) is 28.0 Å². The smallest absolute Gasteiger partial charge is 0.273 e. The molecule has 1 atom stereocenters. The monoisotopic (exact) mass is 504 g/mol. The van der Waals surface area contributed by atoms with Crippen LogP contribution in [0, 0.1) is 0 Å². The maximum Gasteiger partial charge on any atom is 0.273 e. The number of ether oxygens (including phenoxy) is 1. The van der Waals surface area contributed by atoms with E-state index in [0.29, 0.717) is 25.3 Å². The average Bonchev–Trinajstić information content (AvgIpc) is 3.58. The largest absolute Gasteiger partial charge is 0.497 e. The Morgan fingerprint density at radius 3 is 2.75 bits per heavy atom. The standard InChI is InChI=1S/C28H32N4O3S/c1-28(27(34)29-18-21-10-12-22(35-2)13-11-21)19-32-24(17-23(30-32)25-9-6-16-36-25)26(33)31(28)15-14-20-7-4-3-5-8-20/h6-7,9-13,16-17H,3-5,8,14-15,18-19H2,1-2H3,(H,29,34)/t28-/m0/s1. The lowest BCUT2D eigenvalue weighted by Crippen LogP contribution is -2.64. The van der Waals surface area contributed by atoms with Gasteiger partial charge in [0.2, 0.25) is 5.91 Å². The number of methoxy groups -OCH3 is 1. The Bertz CT molecular complexity index is 1260. The number of carbonyl (C=O) groups excluding carboxylic acids is 2. The fraction of sp³-hybridized carbons (Fsp3) is 0.393. The fourth-order valence-electron chi connectivity index (χ4n) is 5.04. The van der Waals surface area contributed by atoms with Gasteiger partial charge in [-0.25, -0.2) is 0 Å². The number of nitrogens with zero attached hydrogens (tertiary/aromatic N) is 3. The van der Waals surface area contributed by atoms with Crippen LogP contribution < -0.4 is 10.1 Å². The second-order valence-corrected chi connectivity index (χ2v) is 10.6. The number of rotatable bonds is 8. The van der Waals surface area contributed by atoms with Crippen molar-refractivity contribution in [2.24, 2.45) is 0 Å². The molecule has 0 fully saturated rings. The zero-order valence-corrected chi connectivity index (χ0v) is 21.6. The van der Waals surface area contributed by atoms with Crippen molar-refractivity contribution in [1.29, 1.82) is 0 Å². The van der Waals surface area contributed by atoms with Crippen molar-refractivity contribution in [3.8, 4) is 16.3 Å². The van der Waals surface area contributed by atoms with Gasteiger partial charge in [0.1, 0.15) is 22.7 Å². The first-order valence-corrected chi connectivity index (χ1v) is 13.4. The Morgan fingerprint density at radius 1 is 1.22 bits per heavy atom. The van der Waals surface area contributed by atoms with E-state index in [0.717, 1.165) is 41.1 Å². The van der Waals surface area contributed by atoms with Crippen LogP contribution in [0.5, 0.6) is 5.75 Å². The van der Waals surface area contributed by atoms with Crippen molar-refractivity contribution in [2.45, 2.75) is 57.7 Å². The molecule has 2 amide bonds. The van der Waals surface area contributed by atoms with Gasteiger partial charge in [0.05, 0.1) is 18.5 Å². The molecule has 1 aliphatic carbocycles. The topological polar surface area (TPSA) is 76.5 Å². The van der Waals surface area contributed by atoms with Gasteiger partial charge in [0, 0.05) is 13.1 Å². The minimum Gasteiger partial charge on any atom is -0.497 e. The van der Waals surface area contributed by atoms with E-state index in [9.17, 15) is 9.59 Å². The molecular formula is C28H32N4O3S. The van der Waals surface area contributed by atoms with Crippen LogP contribution in [-0.2, 0) is 17.9 Å². The third-order valence-corrected chi connectivity index (χ3v) is 8.11. The van der Waals surface area contributed by atoms with Crippen molar-refractivity contribution in [3.63, 3.8) is 0 Å². The molecule has 188 valence electrons. The van der Waals surface area contributed by atoms with Gasteiger partial charge in [0.15, 0.2) is 0 Å². The lowest BCUT2D eigenvalue weighted by atomic mass is 9.92. The molecule has 0 bridgehead atoms. The molecule has 8 heteroatoms. The molecule has 3 heterocycles. The van der Waals surface area contributed by atoms with Gasteiger partial charge >= 0.3 is 0 Å². The molecular weight excluding hydrogens is 472 g/mol. The van der Waals surface area contributed by atoms with Crippen molar-refractivity contribution in [1.82, 2.24) is 20.0 Å². The summed E-state index contributed by atoms with van der Waals surface area (Å²) < 4.78 is 6.93. The average molecular weight is 505 g/mol. The lowest BCUT2D eigenvalue weighted by Gasteiger charge is -2.43. The van der Waals surface area contributed by atoms with Gasteiger partial charge in [-0.1, -0.05) is 29.8 Å². The highest BCUT2D eigenvalue weighted by Gasteiger charge is 2.47. The first kappa shape index (κ1) is 24.3. The lowest BCUT2D eigenvalue weighted by molar-refractivity contribution is -0.133. The molecule has 1 aliphatic heterocycles. The number of amides is 2. The molecule has 1 N–H and O–H groups in total. The van der Waals surface area contributed by atoms with E-state index >= 15 is 0 Å². The van der Waals surface area contributed by atoms with Crippen LogP contribution in [-0.4, -0.2) is 45.7 Å². The summed E-state index contributed by atoms with van der Waals surface area (Å²) >= 11 is 1.59. The zero-order chi connectivity index (χ0) is 25.1. The highest BCUT2D eigenvalue weighted by molar-refractivity contribution is 7.13. The summed E-state index contributed by atoms with van der Waals surface area (Å²) in [6.07, 6.45) is 7.68. The van der Waals surface area contributed by atoms with Crippen molar-refractivity contribution in [3.05, 3.63) is 70.8 Å². The van der Waals surface area contributed by atoms with Gasteiger partial charge in [-0.3, -0.25) is 14.3 Å². The van der Waals surface area contributed by atoms with E-state index < -0.39 is 5.54 Å². The Morgan fingerprint density at radius 2 is 2.06 bits per heavy atom. The van der Waals surface area contributed by atoms with E-state index in [1.165, 1.54) is 18.4 Å². The molecule has 0 spiro atoms. The minimum absolute atomic E-state index is 0.143. The SMILES string of the molecule is COc1ccc(CNC(=O)[C@]2(C)Cn3nc(-c4cccs4)cc3C(=O)N2CCC2=CCCCC2)cc1. The van der Waals surface area contributed by atoms with Crippen LogP contribution in [0.15, 0.2) is 59.5 Å². The Hall–Kier alpha value is -3.39. The molecule has 7 nitrogen and oxygen atoms in total. The molecule has 3 aromatic rings. The summed E-state index contributed by atoms with van der Waals surface area (Å²) in [5.41, 5.74) is 2.61. The van der Waals surface area contributed by atoms with Crippen LogP contribution in [0.25, 0.3) is 10.6 Å². The Kier molecular flexibility index (Phi) is 6.96. The van der Waals surface area contributed by atoms with Crippen molar-refractivity contribution in [2.75, 3.05) is 13.7 Å². The van der Waals surface area contributed by atoms with E-state index in [1.807, 2.05) is 54.8 Å². The number of benzene rings is 1. The third-order valence-electron chi connectivity index (χ3n) is 7.21. The first-order valence-electron chi connectivity index (χ1n) is 12.5. The second kappa shape index (κ2) is 10.3. The molecule has 1 aromatic carbocycles. The summed E-state index contributed by atoms with van der Waals surface area (Å²) in [5.74, 6) is 0.448. The number of hydrogen-bond acceptors (Lipinski definition) is 5. The van der Waals surface area contributed by atoms with E-state index in [2.05, 4.69) is 11.4 Å². The highest BCUT2D eigenvalue weighted by atomic mass is 32.1. The normalized spacial score (nSPS) is 19.6. The molecule has 2 aromatic heterocycles. The van der Waals surface area contributed by atoms with E-state index in [4.69, 9.17) is 9.84 Å². The van der Waals surface area contributed by atoms with Gasteiger partial charge < -0.3 is 15.0 Å².